The van der Waals surface area contributed by atoms with Crippen LogP contribution < -0.4 is 0 Å². The van der Waals surface area contributed by atoms with E-state index in [0.717, 1.165) is 39.8 Å². The summed E-state index contributed by atoms with van der Waals surface area (Å²) in [4.78, 5) is 17.5. The number of amides is 1. The Balaban J connectivity index is 1.52. The zero-order chi connectivity index (χ0) is 20.2. The van der Waals surface area contributed by atoms with Crippen molar-refractivity contribution in [2.75, 3.05) is 26.2 Å². The maximum Gasteiger partial charge on any atom is 0.255 e. The number of halogens is 2. The van der Waals surface area contributed by atoms with Crippen molar-refractivity contribution in [3.63, 3.8) is 0 Å². The molecule has 3 nitrogen and oxygen atoms in total. The normalized spacial score (nSPS) is 14.9. The fourth-order valence-electron chi connectivity index (χ4n) is 3.90. The first kappa shape index (κ1) is 20.6. The van der Waals surface area contributed by atoms with Crippen LogP contribution >= 0.6 is 38.5 Å². The van der Waals surface area contributed by atoms with Crippen LogP contribution in [0.4, 0.5) is 0 Å². The molecular formula is C24H22BrIN2O. The maximum atomic E-state index is 13.1. The Bertz CT molecular complexity index is 933. The minimum Gasteiger partial charge on any atom is -0.336 e. The second-order valence-electron chi connectivity index (χ2n) is 7.18. The number of rotatable bonds is 4. The van der Waals surface area contributed by atoms with Gasteiger partial charge >= 0.3 is 0 Å². The van der Waals surface area contributed by atoms with Gasteiger partial charge in [0.15, 0.2) is 0 Å². The average molecular weight is 561 g/mol. The number of carbonyl (C=O) groups excluding carboxylic acids is 1. The third-order valence-corrected chi connectivity index (χ3v) is 6.79. The molecule has 1 aliphatic rings. The average Bonchev–Trinajstić information content (AvgIpc) is 2.77. The van der Waals surface area contributed by atoms with E-state index >= 15 is 0 Å². The lowest BCUT2D eigenvalue weighted by Crippen LogP contribution is -2.50. The fourth-order valence-corrected chi connectivity index (χ4v) is 4.83. The van der Waals surface area contributed by atoms with E-state index in [9.17, 15) is 4.79 Å². The number of hydrogen-bond donors (Lipinski definition) is 0. The van der Waals surface area contributed by atoms with Crippen LogP contribution in [0.15, 0.2) is 83.3 Å². The van der Waals surface area contributed by atoms with Crippen LogP contribution in [0.1, 0.15) is 27.5 Å². The first-order valence-corrected chi connectivity index (χ1v) is 11.6. The van der Waals surface area contributed by atoms with Crippen molar-refractivity contribution in [2.45, 2.75) is 6.04 Å². The molecule has 3 aromatic rings. The van der Waals surface area contributed by atoms with Crippen molar-refractivity contribution in [1.29, 1.82) is 0 Å². The molecule has 1 aliphatic heterocycles. The summed E-state index contributed by atoms with van der Waals surface area (Å²) in [5, 5.41) is 0. The summed E-state index contributed by atoms with van der Waals surface area (Å²) in [6, 6.07) is 27.4. The molecule has 5 heteroatoms. The molecule has 1 heterocycles. The van der Waals surface area contributed by atoms with E-state index in [0.29, 0.717) is 0 Å². The van der Waals surface area contributed by atoms with E-state index in [2.05, 4.69) is 104 Å². The highest BCUT2D eigenvalue weighted by molar-refractivity contribution is 14.1. The smallest absolute Gasteiger partial charge is 0.255 e. The molecule has 4 rings (SSSR count). The van der Waals surface area contributed by atoms with Crippen molar-refractivity contribution in [3.05, 3.63) is 104 Å². The van der Waals surface area contributed by atoms with Gasteiger partial charge in [-0.05, 0) is 51.9 Å². The van der Waals surface area contributed by atoms with E-state index in [1.165, 1.54) is 11.1 Å². The van der Waals surface area contributed by atoms with Crippen LogP contribution in [-0.4, -0.2) is 41.9 Å². The maximum absolute atomic E-state index is 13.1. The molecule has 1 saturated heterocycles. The molecule has 0 spiro atoms. The Morgan fingerprint density at radius 1 is 0.828 bits per heavy atom. The summed E-state index contributed by atoms with van der Waals surface area (Å²) < 4.78 is 1.93. The van der Waals surface area contributed by atoms with Crippen molar-refractivity contribution in [1.82, 2.24) is 9.80 Å². The van der Waals surface area contributed by atoms with Gasteiger partial charge in [0.25, 0.3) is 5.91 Å². The van der Waals surface area contributed by atoms with E-state index < -0.39 is 0 Å². The SMILES string of the molecule is O=C(c1cc(Br)ccc1I)N1CCN(C(c2ccccc2)c2ccccc2)CC1. The van der Waals surface area contributed by atoms with Crippen LogP contribution in [0.3, 0.4) is 0 Å². The molecule has 0 aromatic heterocycles. The lowest BCUT2D eigenvalue weighted by Gasteiger charge is -2.40. The van der Waals surface area contributed by atoms with Crippen LogP contribution in [0.25, 0.3) is 0 Å². The standard InChI is InChI=1S/C24H22BrIN2O/c25-20-11-12-22(26)21(17-20)24(29)28-15-13-27(14-16-28)23(18-7-3-1-4-8-18)19-9-5-2-6-10-19/h1-12,17,23H,13-16H2. The van der Waals surface area contributed by atoms with Crippen LogP contribution in [0, 0.1) is 3.57 Å². The Kier molecular flexibility index (Phi) is 6.67. The molecule has 29 heavy (non-hydrogen) atoms. The van der Waals surface area contributed by atoms with Gasteiger partial charge in [-0.25, -0.2) is 0 Å². The molecule has 0 aliphatic carbocycles. The zero-order valence-corrected chi connectivity index (χ0v) is 19.7. The third kappa shape index (κ3) is 4.73. The zero-order valence-electron chi connectivity index (χ0n) is 16.0. The van der Waals surface area contributed by atoms with Gasteiger partial charge in [0.05, 0.1) is 11.6 Å². The Morgan fingerprint density at radius 2 is 1.38 bits per heavy atom. The largest absolute Gasteiger partial charge is 0.336 e. The van der Waals surface area contributed by atoms with E-state index in [1.807, 2.05) is 23.1 Å². The van der Waals surface area contributed by atoms with Crippen molar-refractivity contribution < 1.29 is 4.79 Å². The van der Waals surface area contributed by atoms with Gasteiger partial charge in [-0.3, -0.25) is 9.69 Å². The quantitative estimate of drug-likeness (QED) is 0.388. The number of carbonyl (C=O) groups is 1. The van der Waals surface area contributed by atoms with Gasteiger partial charge in [0, 0.05) is 34.2 Å². The second-order valence-corrected chi connectivity index (χ2v) is 9.25. The molecule has 0 saturated carbocycles. The predicted octanol–water partition coefficient (Wildman–Crippen LogP) is 5.60. The first-order valence-electron chi connectivity index (χ1n) is 9.72. The molecule has 0 atom stereocenters. The number of piperazine rings is 1. The second kappa shape index (κ2) is 9.41. The Morgan fingerprint density at radius 3 is 1.93 bits per heavy atom. The molecular weight excluding hydrogens is 539 g/mol. The molecule has 0 bridgehead atoms. The predicted molar refractivity (Wildman–Crippen MR) is 129 cm³/mol. The minimum atomic E-state index is 0.117. The topological polar surface area (TPSA) is 23.6 Å². The molecule has 1 fully saturated rings. The van der Waals surface area contributed by atoms with Crippen LogP contribution in [-0.2, 0) is 0 Å². The molecule has 0 unspecified atom stereocenters. The highest BCUT2D eigenvalue weighted by Gasteiger charge is 2.29. The summed E-state index contributed by atoms with van der Waals surface area (Å²) in [6.45, 7) is 3.17. The van der Waals surface area contributed by atoms with Crippen LogP contribution in [0.5, 0.6) is 0 Å². The summed E-state index contributed by atoms with van der Waals surface area (Å²) in [5.74, 6) is 0.117. The van der Waals surface area contributed by atoms with E-state index in [4.69, 9.17) is 0 Å². The number of hydrogen-bond acceptors (Lipinski definition) is 2. The summed E-state index contributed by atoms with van der Waals surface area (Å²) >= 11 is 5.73. The lowest BCUT2D eigenvalue weighted by molar-refractivity contribution is 0.0596. The third-order valence-electron chi connectivity index (χ3n) is 5.36. The first-order chi connectivity index (χ1) is 14.1. The van der Waals surface area contributed by atoms with Gasteiger partial charge in [0.1, 0.15) is 0 Å². The van der Waals surface area contributed by atoms with Gasteiger partial charge in [-0.2, -0.15) is 0 Å². The van der Waals surface area contributed by atoms with Gasteiger partial charge < -0.3 is 4.90 Å². The fraction of sp³-hybridized carbons (Fsp3) is 0.208. The lowest BCUT2D eigenvalue weighted by atomic mass is 9.96. The van der Waals surface area contributed by atoms with Crippen molar-refractivity contribution in [3.8, 4) is 0 Å². The van der Waals surface area contributed by atoms with E-state index in [-0.39, 0.29) is 11.9 Å². The summed E-state index contributed by atoms with van der Waals surface area (Å²) in [7, 11) is 0. The van der Waals surface area contributed by atoms with E-state index in [1.54, 1.807) is 0 Å². The highest BCUT2D eigenvalue weighted by atomic mass is 127. The molecule has 0 N–H and O–H groups in total. The van der Waals surface area contributed by atoms with Gasteiger partial charge in [-0.15, -0.1) is 0 Å². The molecule has 3 aromatic carbocycles. The minimum absolute atomic E-state index is 0.117. The summed E-state index contributed by atoms with van der Waals surface area (Å²) in [6.07, 6.45) is 0. The summed E-state index contributed by atoms with van der Waals surface area (Å²) in [5.41, 5.74) is 3.36. The van der Waals surface area contributed by atoms with Crippen LogP contribution in [0.2, 0.25) is 0 Å². The van der Waals surface area contributed by atoms with Gasteiger partial charge in [-0.1, -0.05) is 76.6 Å². The highest BCUT2D eigenvalue weighted by Crippen LogP contribution is 2.30. The van der Waals surface area contributed by atoms with Gasteiger partial charge in [0.2, 0.25) is 0 Å². The van der Waals surface area contributed by atoms with Crippen molar-refractivity contribution in [2.24, 2.45) is 0 Å². The number of benzene rings is 3. The monoisotopic (exact) mass is 560 g/mol. The Hall–Kier alpha value is -1.70. The Labute approximate surface area is 194 Å². The van der Waals surface area contributed by atoms with Crippen molar-refractivity contribution >= 4 is 44.4 Å². The molecule has 148 valence electrons. The number of nitrogens with zero attached hydrogens (tertiary/aromatic N) is 2. The molecule has 1 amide bonds. The molecule has 0 radical (unpaired) electrons.